The summed E-state index contributed by atoms with van der Waals surface area (Å²) in [5.41, 5.74) is 14.8. The summed E-state index contributed by atoms with van der Waals surface area (Å²) in [6.45, 7) is 0. The lowest BCUT2D eigenvalue weighted by molar-refractivity contribution is -0.115. The number of rotatable bonds is 1. The first-order chi connectivity index (χ1) is 6.06. The molecule has 0 spiro atoms. The van der Waals surface area contributed by atoms with Gasteiger partial charge in [0.25, 0.3) is 0 Å². The van der Waals surface area contributed by atoms with Gasteiger partial charge < -0.3 is 17.2 Å². The zero-order valence-corrected chi connectivity index (χ0v) is 7.61. The van der Waals surface area contributed by atoms with Crippen LogP contribution in [0.4, 0.5) is 11.9 Å². The zero-order chi connectivity index (χ0) is 10.3. The van der Waals surface area contributed by atoms with Crippen LogP contribution in [0.15, 0.2) is 6.33 Å². The van der Waals surface area contributed by atoms with Gasteiger partial charge in [-0.05, 0) is 0 Å². The highest BCUT2D eigenvalue weighted by Crippen LogP contribution is 1.88. The SMILES string of the molecule is NC(=O)CS.Nc1ncnc(N)n1. The summed E-state index contributed by atoms with van der Waals surface area (Å²) in [5.74, 6) is 0.0586. The predicted octanol–water partition coefficient (Wildman–Crippen LogP) is -1.56. The molecule has 0 aliphatic rings. The molecule has 13 heavy (non-hydrogen) atoms. The van der Waals surface area contributed by atoms with E-state index in [9.17, 15) is 4.79 Å². The lowest BCUT2D eigenvalue weighted by atomic mass is 10.8. The topological polar surface area (TPSA) is 134 Å². The minimum atomic E-state index is -0.381. The van der Waals surface area contributed by atoms with Crippen LogP contribution in [0, 0.1) is 0 Å². The van der Waals surface area contributed by atoms with Crippen molar-refractivity contribution in [2.24, 2.45) is 5.73 Å². The molecule has 0 aliphatic heterocycles. The molecule has 7 nitrogen and oxygen atoms in total. The Bertz CT molecular complexity index is 262. The first kappa shape index (κ1) is 11.4. The van der Waals surface area contributed by atoms with E-state index in [2.05, 4.69) is 33.3 Å². The van der Waals surface area contributed by atoms with Gasteiger partial charge >= 0.3 is 0 Å². The number of hydrogen-bond donors (Lipinski definition) is 4. The van der Waals surface area contributed by atoms with Crippen LogP contribution in [0.25, 0.3) is 0 Å². The summed E-state index contributed by atoms with van der Waals surface area (Å²) >= 11 is 3.54. The molecule has 0 saturated heterocycles. The van der Waals surface area contributed by atoms with Crippen molar-refractivity contribution in [3.8, 4) is 0 Å². The minimum absolute atomic E-state index is 0.139. The van der Waals surface area contributed by atoms with Crippen molar-refractivity contribution >= 4 is 30.4 Å². The monoisotopic (exact) mass is 202 g/mol. The summed E-state index contributed by atoms with van der Waals surface area (Å²) in [5, 5.41) is 0. The second-order valence-electron chi connectivity index (χ2n) is 1.83. The Hall–Kier alpha value is -1.57. The molecule has 0 fully saturated rings. The molecule has 6 N–H and O–H groups in total. The first-order valence-electron chi connectivity index (χ1n) is 3.15. The molecule has 0 bridgehead atoms. The molecule has 0 aromatic carbocycles. The van der Waals surface area contributed by atoms with E-state index in [-0.39, 0.29) is 23.6 Å². The third-order valence-electron chi connectivity index (χ3n) is 0.765. The van der Waals surface area contributed by atoms with Crippen molar-refractivity contribution < 1.29 is 4.79 Å². The molecule has 1 heterocycles. The van der Waals surface area contributed by atoms with Crippen LogP contribution in [0.1, 0.15) is 0 Å². The van der Waals surface area contributed by atoms with E-state index in [4.69, 9.17) is 11.5 Å². The minimum Gasteiger partial charge on any atom is -0.369 e. The van der Waals surface area contributed by atoms with E-state index >= 15 is 0 Å². The van der Waals surface area contributed by atoms with Gasteiger partial charge in [0.1, 0.15) is 6.33 Å². The highest BCUT2D eigenvalue weighted by Gasteiger charge is 1.86. The fraction of sp³-hybridized carbons (Fsp3) is 0.200. The molecule has 1 amide bonds. The van der Waals surface area contributed by atoms with Crippen molar-refractivity contribution in [2.75, 3.05) is 17.2 Å². The van der Waals surface area contributed by atoms with E-state index in [1.54, 1.807) is 0 Å². The van der Waals surface area contributed by atoms with E-state index in [0.29, 0.717) is 0 Å². The normalized spacial score (nSPS) is 8.38. The van der Waals surface area contributed by atoms with E-state index in [0.717, 1.165) is 0 Å². The summed E-state index contributed by atoms with van der Waals surface area (Å²) in [7, 11) is 0. The van der Waals surface area contributed by atoms with Crippen LogP contribution >= 0.6 is 12.6 Å². The number of hydrogen-bond acceptors (Lipinski definition) is 7. The van der Waals surface area contributed by atoms with Crippen molar-refractivity contribution in [3.63, 3.8) is 0 Å². The van der Waals surface area contributed by atoms with Crippen LogP contribution in [0.3, 0.4) is 0 Å². The molecule has 1 aromatic rings. The number of aromatic nitrogens is 3. The predicted molar refractivity (Wildman–Crippen MR) is 51.7 cm³/mol. The second-order valence-corrected chi connectivity index (χ2v) is 2.14. The van der Waals surface area contributed by atoms with Gasteiger partial charge in [-0.25, -0.2) is 9.97 Å². The van der Waals surface area contributed by atoms with Crippen LogP contribution in [-0.4, -0.2) is 26.6 Å². The number of anilines is 2. The first-order valence-corrected chi connectivity index (χ1v) is 3.78. The van der Waals surface area contributed by atoms with Gasteiger partial charge in [0.05, 0.1) is 5.75 Å². The molecule has 72 valence electrons. The third-order valence-corrected chi connectivity index (χ3v) is 1.08. The zero-order valence-electron chi connectivity index (χ0n) is 6.71. The van der Waals surface area contributed by atoms with Gasteiger partial charge in [0, 0.05) is 0 Å². The number of amides is 1. The Morgan fingerprint density at radius 2 is 1.77 bits per heavy atom. The highest BCUT2D eigenvalue weighted by molar-refractivity contribution is 7.81. The lowest BCUT2D eigenvalue weighted by Crippen LogP contribution is -2.10. The standard InChI is InChI=1S/C3H5N5.C2H5NOS/c4-2-6-1-7-3(5)8-2;3-2(4)1-5/h1H,(H4,4,5,6,7,8);5H,1H2,(H2,3,4). The Labute approximate surface area is 80.2 Å². The third kappa shape index (κ3) is 6.81. The number of primary amides is 1. The van der Waals surface area contributed by atoms with Crippen molar-refractivity contribution in [3.05, 3.63) is 6.33 Å². The van der Waals surface area contributed by atoms with Gasteiger partial charge in [-0.15, -0.1) is 0 Å². The van der Waals surface area contributed by atoms with Crippen LogP contribution in [0.5, 0.6) is 0 Å². The summed E-state index contributed by atoms with van der Waals surface area (Å²) in [6.07, 6.45) is 1.26. The molecule has 1 rings (SSSR count). The van der Waals surface area contributed by atoms with E-state index in [1.165, 1.54) is 6.33 Å². The largest absolute Gasteiger partial charge is 0.369 e. The average Bonchev–Trinajstić information content (AvgIpc) is 2.05. The van der Waals surface area contributed by atoms with Gasteiger partial charge in [0.2, 0.25) is 17.8 Å². The maximum absolute atomic E-state index is 9.51. The van der Waals surface area contributed by atoms with Crippen molar-refractivity contribution in [2.45, 2.75) is 0 Å². The smallest absolute Gasteiger partial charge is 0.227 e. The Kier molecular flexibility index (Phi) is 5.28. The Balaban J connectivity index is 0.000000252. The summed E-state index contributed by atoms with van der Waals surface area (Å²) < 4.78 is 0. The lowest BCUT2D eigenvalue weighted by Gasteiger charge is -1.88. The number of carbonyl (C=O) groups excluding carboxylic acids is 1. The Morgan fingerprint density at radius 1 is 1.38 bits per heavy atom. The van der Waals surface area contributed by atoms with Crippen molar-refractivity contribution in [1.82, 2.24) is 15.0 Å². The molecule has 8 heteroatoms. The fourth-order valence-corrected chi connectivity index (χ4v) is 0.322. The van der Waals surface area contributed by atoms with Gasteiger partial charge in [0.15, 0.2) is 0 Å². The summed E-state index contributed by atoms with van der Waals surface area (Å²) in [6, 6.07) is 0. The number of thiol groups is 1. The van der Waals surface area contributed by atoms with Crippen LogP contribution < -0.4 is 17.2 Å². The number of carbonyl (C=O) groups is 1. The molecule has 0 atom stereocenters. The number of nitrogens with two attached hydrogens (primary N) is 3. The fourth-order valence-electron chi connectivity index (χ4n) is 0.322. The van der Waals surface area contributed by atoms with Crippen molar-refractivity contribution in [1.29, 1.82) is 0 Å². The Morgan fingerprint density at radius 3 is 1.92 bits per heavy atom. The average molecular weight is 202 g/mol. The van der Waals surface area contributed by atoms with Gasteiger partial charge in [-0.1, -0.05) is 0 Å². The van der Waals surface area contributed by atoms with E-state index < -0.39 is 0 Å². The molecular weight excluding hydrogens is 192 g/mol. The maximum atomic E-state index is 9.51. The molecule has 0 aliphatic carbocycles. The van der Waals surface area contributed by atoms with E-state index in [1.807, 2.05) is 0 Å². The molecule has 0 radical (unpaired) electrons. The van der Waals surface area contributed by atoms with Gasteiger partial charge in [-0.2, -0.15) is 17.6 Å². The van der Waals surface area contributed by atoms with Crippen LogP contribution in [0.2, 0.25) is 0 Å². The molecular formula is C5H10N6OS. The maximum Gasteiger partial charge on any atom is 0.227 e. The summed E-state index contributed by atoms with van der Waals surface area (Å²) in [4.78, 5) is 20.1. The van der Waals surface area contributed by atoms with Gasteiger partial charge in [-0.3, -0.25) is 4.79 Å². The molecule has 0 saturated carbocycles. The molecule has 1 aromatic heterocycles. The molecule has 0 unspecified atom stereocenters. The van der Waals surface area contributed by atoms with Crippen LogP contribution in [-0.2, 0) is 4.79 Å². The second kappa shape index (κ2) is 6.00. The number of nitrogens with zero attached hydrogens (tertiary/aromatic N) is 3. The quantitative estimate of drug-likeness (QED) is 0.407. The number of nitrogen functional groups attached to an aromatic ring is 2. The highest BCUT2D eigenvalue weighted by atomic mass is 32.1.